The molecule has 1 N–H and O–H groups in total. The van der Waals surface area contributed by atoms with E-state index >= 15 is 0 Å². The summed E-state index contributed by atoms with van der Waals surface area (Å²) in [6, 6.07) is 0. The molecule has 1 aliphatic heterocycles. The monoisotopic (exact) mass is 541 g/mol. The number of carbonyl (C=O) groups excluding carboxylic acids is 2. The van der Waals surface area contributed by atoms with Crippen LogP contribution in [0.2, 0.25) is 0 Å². The van der Waals surface area contributed by atoms with Gasteiger partial charge >= 0.3 is 12.1 Å². The fourth-order valence-electron chi connectivity index (χ4n) is 2.59. The predicted octanol–water partition coefficient (Wildman–Crippen LogP) is -0.583. The van der Waals surface area contributed by atoms with E-state index in [0.29, 0.717) is 106 Å². The fourth-order valence-corrected chi connectivity index (χ4v) is 2.59. The van der Waals surface area contributed by atoms with Crippen LogP contribution in [0.1, 0.15) is 0 Å². The summed E-state index contributed by atoms with van der Waals surface area (Å²) in [6.45, 7) is 7.72. The molecule has 0 spiro atoms. The lowest BCUT2D eigenvalue weighted by Gasteiger charge is -2.09. The summed E-state index contributed by atoms with van der Waals surface area (Å²) in [5.41, 5.74) is 0. The van der Waals surface area contributed by atoms with Crippen molar-refractivity contribution in [2.24, 2.45) is 0 Å². The zero-order valence-electron chi connectivity index (χ0n) is 21.8. The van der Waals surface area contributed by atoms with Gasteiger partial charge in [-0.2, -0.15) is 0 Å². The average molecular weight is 542 g/mol. The van der Waals surface area contributed by atoms with Crippen molar-refractivity contribution in [2.75, 3.05) is 133 Å². The van der Waals surface area contributed by atoms with Crippen LogP contribution in [-0.4, -0.2) is 151 Å². The molecule has 1 atom stereocenters. The lowest BCUT2D eigenvalue weighted by molar-refractivity contribution is -0.151. The van der Waals surface area contributed by atoms with Crippen molar-refractivity contribution in [1.29, 1.82) is 0 Å². The Morgan fingerprint density at radius 3 is 1.41 bits per heavy atom. The van der Waals surface area contributed by atoms with Gasteiger partial charge in [0.25, 0.3) is 0 Å². The van der Waals surface area contributed by atoms with Crippen LogP contribution in [0.15, 0.2) is 0 Å². The largest absolute Gasteiger partial charge is 0.460 e. The zero-order chi connectivity index (χ0) is 26.7. The number of alkyl carbamates (subject to hydrolysis) is 1. The number of esters is 1. The van der Waals surface area contributed by atoms with E-state index in [1.807, 2.05) is 0 Å². The molecule has 0 aliphatic carbocycles. The van der Waals surface area contributed by atoms with Crippen LogP contribution < -0.4 is 5.32 Å². The number of nitrogens with one attached hydrogen (secondary N) is 1. The molecule has 0 saturated carbocycles. The van der Waals surface area contributed by atoms with Gasteiger partial charge in [0.2, 0.25) is 0 Å². The van der Waals surface area contributed by atoms with Gasteiger partial charge in [0.15, 0.2) is 6.10 Å². The Kier molecular flexibility index (Phi) is 23.5. The third kappa shape index (κ3) is 23.2. The van der Waals surface area contributed by atoms with Crippen molar-refractivity contribution in [3.63, 3.8) is 0 Å². The quantitative estimate of drug-likeness (QED) is 0.0995. The maximum atomic E-state index is 11.5. The van der Waals surface area contributed by atoms with Crippen molar-refractivity contribution < 1.29 is 61.7 Å². The minimum Gasteiger partial charge on any atom is -0.460 e. The Morgan fingerprint density at radius 1 is 0.676 bits per heavy atom. The zero-order valence-corrected chi connectivity index (χ0v) is 21.8. The van der Waals surface area contributed by atoms with E-state index in [1.54, 1.807) is 7.11 Å². The molecule has 1 amide bonds. The van der Waals surface area contributed by atoms with Crippen molar-refractivity contribution in [1.82, 2.24) is 5.32 Å². The van der Waals surface area contributed by atoms with Crippen molar-refractivity contribution >= 4 is 12.1 Å². The summed E-state index contributed by atoms with van der Waals surface area (Å²) in [6.07, 6.45) is -0.965. The van der Waals surface area contributed by atoms with Crippen LogP contribution in [0.5, 0.6) is 0 Å². The molecule has 1 rings (SSSR count). The van der Waals surface area contributed by atoms with Crippen molar-refractivity contribution in [2.45, 2.75) is 6.10 Å². The number of rotatable bonds is 28. The lowest BCUT2D eigenvalue weighted by Crippen LogP contribution is -2.24. The third-order valence-corrected chi connectivity index (χ3v) is 4.43. The van der Waals surface area contributed by atoms with Gasteiger partial charge in [-0.25, -0.2) is 9.59 Å². The molecule has 218 valence electrons. The maximum Gasteiger partial charge on any atom is 0.407 e. The van der Waals surface area contributed by atoms with Crippen LogP contribution in [0, 0.1) is 0 Å². The lowest BCUT2D eigenvalue weighted by atomic mass is 10.4. The molecule has 14 nitrogen and oxygen atoms in total. The second-order valence-corrected chi connectivity index (χ2v) is 7.42. The molecule has 37 heavy (non-hydrogen) atoms. The van der Waals surface area contributed by atoms with E-state index in [2.05, 4.69) is 5.32 Å². The first-order chi connectivity index (χ1) is 18.2. The average Bonchev–Trinajstić information content (AvgIpc) is 3.32. The number of methoxy groups -OCH3 is 1. The standard InChI is InChI=1S/C23H43NO13/c1-27-2-3-28-4-5-29-6-7-30-8-9-31-10-11-32-12-13-33-14-15-34-16-17-35-20-22(25)36-19-21-18-24-23(26)37-21/h21H,2-20H2,1H3,(H,24,26)/t21-/m0/s1. The fraction of sp³-hybridized carbons (Fsp3) is 0.913. The summed E-state index contributed by atoms with van der Waals surface area (Å²) in [5.74, 6) is -0.525. The van der Waals surface area contributed by atoms with E-state index < -0.39 is 18.2 Å². The molecular formula is C23H43NO13. The highest BCUT2D eigenvalue weighted by molar-refractivity contribution is 5.71. The van der Waals surface area contributed by atoms with Gasteiger partial charge in [0.05, 0.1) is 112 Å². The van der Waals surface area contributed by atoms with Crippen LogP contribution >= 0.6 is 0 Å². The second kappa shape index (κ2) is 26.0. The van der Waals surface area contributed by atoms with Crippen LogP contribution in [0.25, 0.3) is 0 Å². The first kappa shape index (κ1) is 33.4. The minimum atomic E-state index is -0.525. The Balaban J connectivity index is 1.66. The Bertz CT molecular complexity index is 541. The number of carbonyl (C=O) groups is 2. The first-order valence-electron chi connectivity index (χ1n) is 12.4. The molecule has 1 heterocycles. The summed E-state index contributed by atoms with van der Waals surface area (Å²) >= 11 is 0. The van der Waals surface area contributed by atoms with E-state index in [9.17, 15) is 9.59 Å². The van der Waals surface area contributed by atoms with Gasteiger partial charge in [0.1, 0.15) is 13.2 Å². The highest BCUT2D eigenvalue weighted by Gasteiger charge is 2.23. The molecule has 1 fully saturated rings. The molecule has 0 radical (unpaired) electrons. The maximum absolute atomic E-state index is 11.5. The third-order valence-electron chi connectivity index (χ3n) is 4.43. The van der Waals surface area contributed by atoms with Gasteiger partial charge in [-0.3, -0.25) is 0 Å². The minimum absolute atomic E-state index is 0.00468. The first-order valence-corrected chi connectivity index (χ1v) is 12.4. The number of hydrogen-bond donors (Lipinski definition) is 1. The smallest absolute Gasteiger partial charge is 0.407 e. The Labute approximate surface area is 218 Å². The van der Waals surface area contributed by atoms with E-state index in [1.165, 1.54) is 0 Å². The molecular weight excluding hydrogens is 498 g/mol. The molecule has 14 heteroatoms. The Hall–Kier alpha value is -1.62. The van der Waals surface area contributed by atoms with Gasteiger partial charge in [-0.1, -0.05) is 0 Å². The summed E-state index contributed by atoms with van der Waals surface area (Å²) in [7, 11) is 1.64. The normalized spacial score (nSPS) is 15.1. The molecule has 1 saturated heterocycles. The predicted molar refractivity (Wildman–Crippen MR) is 128 cm³/mol. The van der Waals surface area contributed by atoms with Crippen molar-refractivity contribution in [3.05, 3.63) is 0 Å². The highest BCUT2D eigenvalue weighted by atomic mass is 16.6. The van der Waals surface area contributed by atoms with E-state index in [-0.39, 0.29) is 19.8 Å². The number of hydrogen-bond acceptors (Lipinski definition) is 13. The summed E-state index contributed by atoms with van der Waals surface area (Å²) < 4.78 is 57.5. The molecule has 1 aliphatic rings. The molecule has 0 aromatic rings. The van der Waals surface area contributed by atoms with Gasteiger partial charge in [-0.05, 0) is 0 Å². The molecule has 0 bridgehead atoms. The number of cyclic esters (lactones) is 1. The summed E-state index contributed by atoms with van der Waals surface area (Å²) in [5, 5.41) is 2.47. The molecule has 0 unspecified atom stereocenters. The number of amides is 1. The molecule has 0 aromatic heterocycles. The molecule has 0 aromatic carbocycles. The van der Waals surface area contributed by atoms with Crippen molar-refractivity contribution in [3.8, 4) is 0 Å². The van der Waals surface area contributed by atoms with Crippen LogP contribution in [-0.2, 0) is 56.9 Å². The van der Waals surface area contributed by atoms with Gasteiger partial charge in [-0.15, -0.1) is 0 Å². The SMILES string of the molecule is COCCOCCOCCOCCOCCOCCOCCOCCOCC(=O)OC[C@@H]1CNC(=O)O1. The van der Waals surface area contributed by atoms with Crippen LogP contribution in [0.4, 0.5) is 4.79 Å². The van der Waals surface area contributed by atoms with Crippen LogP contribution in [0.3, 0.4) is 0 Å². The number of ether oxygens (including phenoxy) is 11. The topological polar surface area (TPSA) is 148 Å². The second-order valence-electron chi connectivity index (χ2n) is 7.42. The highest BCUT2D eigenvalue weighted by Crippen LogP contribution is 2.00. The van der Waals surface area contributed by atoms with Gasteiger partial charge in [0, 0.05) is 7.11 Å². The van der Waals surface area contributed by atoms with E-state index in [0.717, 1.165) is 0 Å². The summed E-state index contributed by atoms with van der Waals surface area (Å²) in [4.78, 5) is 22.4. The van der Waals surface area contributed by atoms with E-state index in [4.69, 9.17) is 52.1 Å². The van der Waals surface area contributed by atoms with Gasteiger partial charge < -0.3 is 57.4 Å². The Morgan fingerprint density at radius 2 is 1.05 bits per heavy atom.